The number of aryl methyl sites for hydroxylation is 2. The number of amides is 2. The van der Waals surface area contributed by atoms with Gasteiger partial charge >= 0.3 is 0 Å². The maximum absolute atomic E-state index is 13.1. The van der Waals surface area contributed by atoms with Crippen molar-refractivity contribution >= 4 is 23.2 Å². The molecule has 140 valence electrons. The zero-order valence-electron chi connectivity index (χ0n) is 15.8. The molecule has 6 heteroatoms. The molecular formula is C21H22FN3O2. The van der Waals surface area contributed by atoms with E-state index in [2.05, 4.69) is 10.3 Å². The van der Waals surface area contributed by atoms with Gasteiger partial charge in [0.05, 0.1) is 0 Å². The summed E-state index contributed by atoms with van der Waals surface area (Å²) in [6, 6.07) is 11.3. The number of anilines is 1. The van der Waals surface area contributed by atoms with Crippen LogP contribution in [0.1, 0.15) is 30.5 Å². The Hall–Kier alpha value is -3.02. The van der Waals surface area contributed by atoms with Gasteiger partial charge < -0.3 is 10.2 Å². The lowest BCUT2D eigenvalue weighted by Crippen LogP contribution is -2.46. The fraction of sp³-hybridized carbons (Fsp3) is 0.286. The van der Waals surface area contributed by atoms with E-state index < -0.39 is 5.66 Å². The van der Waals surface area contributed by atoms with Crippen LogP contribution in [0.15, 0.2) is 47.5 Å². The molecule has 27 heavy (non-hydrogen) atoms. The number of aliphatic imine (C=N–C) groups is 1. The number of nitrogens with zero attached hydrogens (tertiary/aromatic N) is 2. The second-order valence-electron chi connectivity index (χ2n) is 7.20. The molecule has 3 rings (SSSR count). The number of rotatable bonds is 4. The van der Waals surface area contributed by atoms with Crippen LogP contribution in [-0.2, 0) is 9.59 Å². The second kappa shape index (κ2) is 6.95. The summed E-state index contributed by atoms with van der Waals surface area (Å²) in [4.78, 5) is 31.2. The third kappa shape index (κ3) is 3.89. The first kappa shape index (κ1) is 18.8. The third-order valence-electron chi connectivity index (χ3n) is 4.70. The summed E-state index contributed by atoms with van der Waals surface area (Å²) >= 11 is 0. The van der Waals surface area contributed by atoms with Gasteiger partial charge in [-0.25, -0.2) is 4.39 Å². The predicted molar refractivity (Wildman–Crippen MR) is 103 cm³/mol. The number of nitrogens with one attached hydrogen (secondary N) is 1. The molecule has 2 aromatic rings. The smallest absolute Gasteiger partial charge is 0.275 e. The first-order valence-electron chi connectivity index (χ1n) is 8.72. The minimum absolute atomic E-state index is 0.118. The van der Waals surface area contributed by atoms with E-state index in [1.807, 2.05) is 32.0 Å². The van der Waals surface area contributed by atoms with Crippen molar-refractivity contribution in [1.82, 2.24) is 4.90 Å². The van der Waals surface area contributed by atoms with Gasteiger partial charge in [0.2, 0.25) is 5.91 Å². The number of carbonyl (C=O) groups excluding carboxylic acids is 2. The molecule has 0 fully saturated rings. The molecule has 1 aliphatic rings. The molecule has 1 aliphatic heterocycles. The quantitative estimate of drug-likeness (QED) is 0.900. The van der Waals surface area contributed by atoms with Gasteiger partial charge in [0, 0.05) is 11.3 Å². The average molecular weight is 367 g/mol. The zero-order chi connectivity index (χ0) is 19.8. The van der Waals surface area contributed by atoms with Crippen molar-refractivity contribution in [3.63, 3.8) is 0 Å². The molecule has 0 aromatic heterocycles. The molecule has 0 spiro atoms. The Morgan fingerprint density at radius 1 is 1.11 bits per heavy atom. The van der Waals surface area contributed by atoms with Crippen molar-refractivity contribution in [2.24, 2.45) is 4.99 Å². The van der Waals surface area contributed by atoms with Gasteiger partial charge in [0.25, 0.3) is 5.91 Å². The Morgan fingerprint density at radius 3 is 2.41 bits per heavy atom. The molecular weight excluding hydrogens is 345 g/mol. The molecule has 0 atom stereocenters. The minimum atomic E-state index is -0.860. The molecule has 1 N–H and O–H groups in total. The van der Waals surface area contributed by atoms with E-state index >= 15 is 0 Å². The third-order valence-corrected chi connectivity index (χ3v) is 4.70. The Balaban J connectivity index is 1.75. The van der Waals surface area contributed by atoms with Crippen LogP contribution in [0, 0.1) is 19.7 Å². The molecule has 0 aliphatic carbocycles. The predicted octanol–water partition coefficient (Wildman–Crippen LogP) is 3.45. The van der Waals surface area contributed by atoms with E-state index in [9.17, 15) is 14.0 Å². The highest BCUT2D eigenvalue weighted by atomic mass is 19.1. The van der Waals surface area contributed by atoms with Crippen LogP contribution in [0.5, 0.6) is 0 Å². The van der Waals surface area contributed by atoms with Crippen LogP contribution in [0.2, 0.25) is 0 Å². The maximum Gasteiger partial charge on any atom is 0.275 e. The molecule has 0 unspecified atom stereocenters. The lowest BCUT2D eigenvalue weighted by Gasteiger charge is -2.28. The van der Waals surface area contributed by atoms with Crippen molar-refractivity contribution in [3.05, 3.63) is 65.0 Å². The van der Waals surface area contributed by atoms with E-state index in [1.54, 1.807) is 13.8 Å². The van der Waals surface area contributed by atoms with Gasteiger partial charge in [-0.1, -0.05) is 6.07 Å². The summed E-state index contributed by atoms with van der Waals surface area (Å²) < 4.78 is 13.1. The highest BCUT2D eigenvalue weighted by molar-refractivity contribution is 6.47. The first-order valence-corrected chi connectivity index (χ1v) is 8.72. The average Bonchev–Trinajstić information content (AvgIpc) is 2.82. The standard InChI is InChI=1S/C21H22FN3O2/c1-13-5-10-17(11-14(13)2)23-18(26)12-25-20(27)19(24-21(25,3)4)15-6-8-16(22)9-7-15/h5-11H,12H2,1-4H3,(H,23,26). The zero-order valence-corrected chi connectivity index (χ0v) is 15.8. The number of benzene rings is 2. The van der Waals surface area contributed by atoms with Gasteiger partial charge in [-0.3, -0.25) is 14.6 Å². The summed E-state index contributed by atoms with van der Waals surface area (Å²) in [5.41, 5.74) is 2.81. The number of halogens is 1. The molecule has 0 radical (unpaired) electrons. The summed E-state index contributed by atoms with van der Waals surface area (Å²) in [5, 5.41) is 2.82. The molecule has 2 aromatic carbocycles. The highest BCUT2D eigenvalue weighted by Crippen LogP contribution is 2.26. The fourth-order valence-corrected chi connectivity index (χ4v) is 2.98. The molecule has 0 saturated carbocycles. The number of hydrogen-bond donors (Lipinski definition) is 1. The fourth-order valence-electron chi connectivity index (χ4n) is 2.98. The van der Waals surface area contributed by atoms with Crippen LogP contribution in [0.4, 0.5) is 10.1 Å². The summed E-state index contributed by atoms with van der Waals surface area (Å²) in [6.07, 6.45) is 0. The Morgan fingerprint density at radius 2 is 1.78 bits per heavy atom. The van der Waals surface area contributed by atoms with E-state index in [0.717, 1.165) is 11.1 Å². The molecule has 0 saturated heterocycles. The Kier molecular flexibility index (Phi) is 4.83. The number of carbonyl (C=O) groups is 2. The first-order chi connectivity index (χ1) is 12.7. The second-order valence-corrected chi connectivity index (χ2v) is 7.20. The van der Waals surface area contributed by atoms with Crippen LogP contribution >= 0.6 is 0 Å². The van der Waals surface area contributed by atoms with Crippen molar-refractivity contribution in [2.45, 2.75) is 33.4 Å². The van der Waals surface area contributed by atoms with E-state index in [0.29, 0.717) is 11.3 Å². The van der Waals surface area contributed by atoms with Crippen molar-refractivity contribution in [2.75, 3.05) is 11.9 Å². The van der Waals surface area contributed by atoms with E-state index in [-0.39, 0.29) is 29.9 Å². The van der Waals surface area contributed by atoms with Crippen LogP contribution in [-0.4, -0.2) is 34.6 Å². The Bertz CT molecular complexity index is 933. The lowest BCUT2D eigenvalue weighted by molar-refractivity contribution is -0.131. The molecule has 5 nitrogen and oxygen atoms in total. The van der Waals surface area contributed by atoms with E-state index in [1.165, 1.54) is 29.2 Å². The minimum Gasteiger partial charge on any atom is -0.325 e. The summed E-state index contributed by atoms with van der Waals surface area (Å²) in [5.74, 6) is -1.02. The van der Waals surface area contributed by atoms with Gasteiger partial charge in [-0.2, -0.15) is 0 Å². The van der Waals surface area contributed by atoms with Crippen LogP contribution in [0.25, 0.3) is 0 Å². The lowest BCUT2D eigenvalue weighted by atomic mass is 10.1. The van der Waals surface area contributed by atoms with Crippen molar-refractivity contribution < 1.29 is 14.0 Å². The topological polar surface area (TPSA) is 61.8 Å². The molecule has 0 bridgehead atoms. The highest BCUT2D eigenvalue weighted by Gasteiger charge is 2.41. The monoisotopic (exact) mass is 367 g/mol. The number of hydrogen-bond acceptors (Lipinski definition) is 3. The van der Waals surface area contributed by atoms with Gasteiger partial charge in [0.1, 0.15) is 23.7 Å². The van der Waals surface area contributed by atoms with Gasteiger partial charge in [-0.15, -0.1) is 0 Å². The molecule has 1 heterocycles. The summed E-state index contributed by atoms with van der Waals surface area (Å²) in [6.45, 7) is 7.39. The van der Waals surface area contributed by atoms with Gasteiger partial charge in [0.15, 0.2) is 0 Å². The van der Waals surface area contributed by atoms with Crippen molar-refractivity contribution in [1.29, 1.82) is 0 Å². The SMILES string of the molecule is Cc1ccc(NC(=O)CN2C(=O)C(c3ccc(F)cc3)=NC2(C)C)cc1C. The van der Waals surface area contributed by atoms with Crippen molar-refractivity contribution in [3.8, 4) is 0 Å². The largest absolute Gasteiger partial charge is 0.325 e. The Labute approximate surface area is 157 Å². The van der Waals surface area contributed by atoms with Crippen LogP contribution in [0.3, 0.4) is 0 Å². The van der Waals surface area contributed by atoms with Crippen LogP contribution < -0.4 is 5.32 Å². The van der Waals surface area contributed by atoms with E-state index in [4.69, 9.17) is 0 Å². The maximum atomic E-state index is 13.1. The summed E-state index contributed by atoms with van der Waals surface area (Å²) in [7, 11) is 0. The normalized spacial score (nSPS) is 15.7. The van der Waals surface area contributed by atoms with Gasteiger partial charge in [-0.05, 0) is 75.2 Å². The molecule has 2 amide bonds.